The molecule has 1 heterocycles. The van der Waals surface area contributed by atoms with Gasteiger partial charge in [-0.2, -0.15) is 0 Å². The molecule has 2 nitrogen and oxygen atoms in total. The van der Waals surface area contributed by atoms with E-state index in [9.17, 15) is 9.50 Å². The monoisotopic (exact) mass is 272 g/mol. The van der Waals surface area contributed by atoms with Crippen LogP contribution in [0.15, 0.2) is 36.4 Å². The molecule has 20 heavy (non-hydrogen) atoms. The molecule has 1 aliphatic heterocycles. The van der Waals surface area contributed by atoms with Gasteiger partial charge < -0.3 is 9.84 Å². The van der Waals surface area contributed by atoms with E-state index in [0.717, 1.165) is 16.7 Å². The van der Waals surface area contributed by atoms with Gasteiger partial charge in [-0.1, -0.05) is 18.2 Å². The van der Waals surface area contributed by atoms with E-state index in [2.05, 4.69) is 0 Å². The zero-order chi connectivity index (χ0) is 14.3. The van der Waals surface area contributed by atoms with Crippen LogP contribution in [0.2, 0.25) is 0 Å². The lowest BCUT2D eigenvalue weighted by atomic mass is 9.90. The Morgan fingerprint density at radius 1 is 1.15 bits per heavy atom. The van der Waals surface area contributed by atoms with Crippen molar-refractivity contribution in [3.05, 3.63) is 64.5 Å². The molecule has 0 aliphatic carbocycles. The molecule has 0 radical (unpaired) electrons. The van der Waals surface area contributed by atoms with Crippen molar-refractivity contribution < 1.29 is 14.2 Å². The van der Waals surface area contributed by atoms with Crippen LogP contribution in [-0.2, 0) is 0 Å². The second-order valence-corrected chi connectivity index (χ2v) is 5.35. The number of aryl methyl sites for hydroxylation is 2. The standard InChI is InChI=1S/C17H17FO2/c1-10-4-3-5-11(2)17(10)16-9-14(19)13-7-6-12(18)8-15(13)20-16/h3-8,14,16,19H,9H2,1-2H3/t14-,16?/m1/s1. The van der Waals surface area contributed by atoms with Crippen molar-refractivity contribution in [2.75, 3.05) is 0 Å². The normalized spacial score (nSPS) is 21.2. The summed E-state index contributed by atoms with van der Waals surface area (Å²) in [7, 11) is 0. The van der Waals surface area contributed by atoms with E-state index in [1.165, 1.54) is 12.1 Å². The molecule has 0 saturated heterocycles. The molecule has 0 amide bonds. The first-order chi connectivity index (χ1) is 9.56. The molecule has 2 atom stereocenters. The second-order valence-electron chi connectivity index (χ2n) is 5.35. The van der Waals surface area contributed by atoms with Crippen LogP contribution in [-0.4, -0.2) is 5.11 Å². The average Bonchev–Trinajstić information content (AvgIpc) is 2.38. The minimum absolute atomic E-state index is 0.236. The van der Waals surface area contributed by atoms with E-state index in [-0.39, 0.29) is 11.9 Å². The van der Waals surface area contributed by atoms with Crippen molar-refractivity contribution in [3.63, 3.8) is 0 Å². The highest BCUT2D eigenvalue weighted by molar-refractivity contribution is 5.42. The minimum Gasteiger partial charge on any atom is -0.485 e. The van der Waals surface area contributed by atoms with Gasteiger partial charge in [0.15, 0.2) is 0 Å². The van der Waals surface area contributed by atoms with Crippen LogP contribution in [0.1, 0.15) is 40.9 Å². The lowest BCUT2D eigenvalue weighted by Crippen LogP contribution is -2.20. The molecule has 0 bridgehead atoms. The van der Waals surface area contributed by atoms with Crippen LogP contribution >= 0.6 is 0 Å². The van der Waals surface area contributed by atoms with Gasteiger partial charge in [0, 0.05) is 18.1 Å². The number of halogens is 1. The van der Waals surface area contributed by atoms with Crippen molar-refractivity contribution in [1.29, 1.82) is 0 Å². The van der Waals surface area contributed by atoms with Crippen LogP contribution in [0.3, 0.4) is 0 Å². The highest BCUT2D eigenvalue weighted by Crippen LogP contribution is 2.42. The first kappa shape index (κ1) is 13.1. The maximum absolute atomic E-state index is 13.3. The van der Waals surface area contributed by atoms with Gasteiger partial charge in [-0.3, -0.25) is 0 Å². The van der Waals surface area contributed by atoms with E-state index >= 15 is 0 Å². The lowest BCUT2D eigenvalue weighted by molar-refractivity contribution is 0.0648. The SMILES string of the molecule is Cc1cccc(C)c1C1C[C@@H](O)c2ccc(F)cc2O1. The Hall–Kier alpha value is -1.87. The predicted octanol–water partition coefficient (Wildman–Crippen LogP) is 4.00. The van der Waals surface area contributed by atoms with Crippen molar-refractivity contribution >= 4 is 0 Å². The molecule has 0 aromatic heterocycles. The van der Waals surface area contributed by atoms with E-state index in [1.807, 2.05) is 32.0 Å². The van der Waals surface area contributed by atoms with Crippen LogP contribution in [0.5, 0.6) is 5.75 Å². The minimum atomic E-state index is -0.622. The summed E-state index contributed by atoms with van der Waals surface area (Å²) < 4.78 is 19.3. The van der Waals surface area contributed by atoms with Crippen molar-refractivity contribution in [2.24, 2.45) is 0 Å². The fourth-order valence-corrected chi connectivity index (χ4v) is 2.93. The van der Waals surface area contributed by atoms with E-state index in [1.54, 1.807) is 6.07 Å². The van der Waals surface area contributed by atoms with Gasteiger partial charge in [0.2, 0.25) is 0 Å². The number of ether oxygens (including phenoxy) is 1. The molecule has 104 valence electrons. The van der Waals surface area contributed by atoms with Crippen LogP contribution < -0.4 is 4.74 Å². The number of fused-ring (bicyclic) bond motifs is 1. The summed E-state index contributed by atoms with van der Waals surface area (Å²) in [5.74, 6) is 0.0921. The number of hydrogen-bond donors (Lipinski definition) is 1. The summed E-state index contributed by atoms with van der Waals surface area (Å²) in [6.07, 6.45) is -0.367. The van der Waals surface area contributed by atoms with Gasteiger partial charge in [0.05, 0.1) is 6.10 Å². The van der Waals surface area contributed by atoms with Gasteiger partial charge in [-0.15, -0.1) is 0 Å². The van der Waals surface area contributed by atoms with E-state index < -0.39 is 6.10 Å². The Morgan fingerprint density at radius 2 is 1.85 bits per heavy atom. The fraction of sp³-hybridized carbons (Fsp3) is 0.294. The van der Waals surface area contributed by atoms with Gasteiger partial charge in [-0.25, -0.2) is 4.39 Å². The van der Waals surface area contributed by atoms with Crippen molar-refractivity contribution in [2.45, 2.75) is 32.5 Å². The third kappa shape index (κ3) is 2.18. The van der Waals surface area contributed by atoms with Gasteiger partial charge in [0.1, 0.15) is 17.7 Å². The Labute approximate surface area is 117 Å². The largest absolute Gasteiger partial charge is 0.485 e. The topological polar surface area (TPSA) is 29.5 Å². The number of rotatable bonds is 1. The summed E-state index contributed by atoms with van der Waals surface area (Å²) in [4.78, 5) is 0. The summed E-state index contributed by atoms with van der Waals surface area (Å²) in [6.45, 7) is 4.05. The zero-order valence-corrected chi connectivity index (χ0v) is 11.6. The smallest absolute Gasteiger partial charge is 0.128 e. The number of aliphatic hydroxyl groups is 1. The van der Waals surface area contributed by atoms with Crippen LogP contribution in [0, 0.1) is 19.7 Å². The second kappa shape index (κ2) is 4.91. The average molecular weight is 272 g/mol. The van der Waals surface area contributed by atoms with Crippen molar-refractivity contribution in [1.82, 2.24) is 0 Å². The Bertz CT molecular complexity index is 631. The summed E-state index contributed by atoms with van der Waals surface area (Å²) in [6, 6.07) is 10.3. The highest BCUT2D eigenvalue weighted by Gasteiger charge is 2.29. The first-order valence-electron chi connectivity index (χ1n) is 6.76. The maximum atomic E-state index is 13.3. The molecule has 1 unspecified atom stereocenters. The van der Waals surface area contributed by atoms with Gasteiger partial charge in [0.25, 0.3) is 0 Å². The predicted molar refractivity (Wildman–Crippen MR) is 75.3 cm³/mol. The first-order valence-corrected chi connectivity index (χ1v) is 6.76. The maximum Gasteiger partial charge on any atom is 0.128 e. The lowest BCUT2D eigenvalue weighted by Gasteiger charge is -2.31. The molecule has 0 spiro atoms. The Balaban J connectivity index is 2.03. The van der Waals surface area contributed by atoms with E-state index in [4.69, 9.17) is 4.74 Å². The molecule has 0 fully saturated rings. The molecule has 3 heteroatoms. The third-order valence-electron chi connectivity index (χ3n) is 3.91. The molecule has 3 rings (SSSR count). The van der Waals surface area contributed by atoms with Crippen LogP contribution in [0.4, 0.5) is 4.39 Å². The molecular weight excluding hydrogens is 255 g/mol. The number of hydrogen-bond acceptors (Lipinski definition) is 2. The highest BCUT2D eigenvalue weighted by atomic mass is 19.1. The zero-order valence-electron chi connectivity index (χ0n) is 11.6. The van der Waals surface area contributed by atoms with Gasteiger partial charge in [-0.05, 0) is 42.7 Å². The van der Waals surface area contributed by atoms with Gasteiger partial charge >= 0.3 is 0 Å². The third-order valence-corrected chi connectivity index (χ3v) is 3.91. The molecule has 2 aromatic rings. The number of benzene rings is 2. The summed E-state index contributed by atoms with van der Waals surface area (Å²) in [5, 5.41) is 10.3. The molecular formula is C17H17FO2. The van der Waals surface area contributed by atoms with Crippen molar-refractivity contribution in [3.8, 4) is 5.75 Å². The molecule has 1 N–H and O–H groups in total. The fourth-order valence-electron chi connectivity index (χ4n) is 2.93. The van der Waals surface area contributed by atoms with Crippen LogP contribution in [0.25, 0.3) is 0 Å². The summed E-state index contributed by atoms with van der Waals surface area (Å²) >= 11 is 0. The van der Waals surface area contributed by atoms with E-state index in [0.29, 0.717) is 17.7 Å². The molecule has 2 aromatic carbocycles. The molecule has 1 aliphatic rings. The molecule has 0 saturated carbocycles. The number of aliphatic hydroxyl groups excluding tert-OH is 1. The quantitative estimate of drug-likeness (QED) is 0.850. The Kier molecular flexibility index (Phi) is 3.22. The Morgan fingerprint density at radius 3 is 2.55 bits per heavy atom. The summed E-state index contributed by atoms with van der Waals surface area (Å²) in [5.41, 5.74) is 4.00.